The van der Waals surface area contributed by atoms with Gasteiger partial charge in [-0.05, 0) is 86.0 Å². The van der Waals surface area contributed by atoms with Crippen molar-refractivity contribution in [2.75, 3.05) is 35.7 Å². The second-order valence-corrected chi connectivity index (χ2v) is 12.7. The monoisotopic (exact) mass is 514 g/mol. The minimum atomic E-state index is -2.22. The predicted octanol–water partition coefficient (Wildman–Crippen LogP) is 4.99. The number of benzene rings is 1. The van der Waals surface area contributed by atoms with E-state index < -0.39 is 9.73 Å². The average molecular weight is 515 g/mol. The molecule has 190 valence electrons. The molecule has 1 fully saturated rings. The van der Waals surface area contributed by atoms with Gasteiger partial charge in [-0.25, -0.2) is 14.2 Å². The lowest BCUT2D eigenvalue weighted by molar-refractivity contribution is 0.266. The first kappa shape index (κ1) is 23.8. The Bertz CT molecular complexity index is 1510. The number of aryl methyl sites for hydroxylation is 1. The van der Waals surface area contributed by atoms with Crippen LogP contribution in [-0.4, -0.2) is 49.2 Å². The fraction of sp³-hybridized carbons (Fsp3) is 0.407. The fourth-order valence-corrected chi connectivity index (χ4v) is 7.88. The highest BCUT2D eigenvalue weighted by atomic mass is 32.2. The second kappa shape index (κ2) is 9.72. The molecule has 4 heterocycles. The maximum absolute atomic E-state index is 12.8. The van der Waals surface area contributed by atoms with Crippen LogP contribution in [0.3, 0.4) is 0 Å². The van der Waals surface area contributed by atoms with Crippen LogP contribution in [-0.2, 0) is 22.7 Å². The quantitative estimate of drug-likeness (QED) is 0.489. The zero-order valence-electron chi connectivity index (χ0n) is 20.9. The summed E-state index contributed by atoms with van der Waals surface area (Å²) in [6, 6.07) is 11.9. The van der Waals surface area contributed by atoms with Crippen molar-refractivity contribution in [3.8, 4) is 6.07 Å². The number of hydrogen-bond donors (Lipinski definition) is 2. The van der Waals surface area contributed by atoms with Crippen LogP contribution in [0.1, 0.15) is 53.9 Å². The van der Waals surface area contributed by atoms with Gasteiger partial charge in [0.25, 0.3) is 0 Å². The highest BCUT2D eigenvalue weighted by Crippen LogP contribution is 2.40. The van der Waals surface area contributed by atoms with Crippen LogP contribution < -0.4 is 10.6 Å². The Morgan fingerprint density at radius 2 is 1.97 bits per heavy atom. The van der Waals surface area contributed by atoms with E-state index in [9.17, 15) is 9.47 Å². The minimum absolute atomic E-state index is 0.307. The Kier molecular flexibility index (Phi) is 6.26. The number of anilines is 4. The van der Waals surface area contributed by atoms with Gasteiger partial charge < -0.3 is 15.5 Å². The molecule has 1 atom stereocenters. The first-order valence-electron chi connectivity index (χ1n) is 12.8. The van der Waals surface area contributed by atoms with Gasteiger partial charge in [0.2, 0.25) is 5.95 Å². The summed E-state index contributed by atoms with van der Waals surface area (Å²) in [5.74, 6) is 3.52. The number of rotatable bonds is 5. The van der Waals surface area contributed by atoms with Gasteiger partial charge in [-0.1, -0.05) is 6.07 Å². The van der Waals surface area contributed by atoms with Gasteiger partial charge in [0.05, 0.1) is 15.9 Å². The van der Waals surface area contributed by atoms with Gasteiger partial charge in [0.1, 0.15) is 17.5 Å². The maximum atomic E-state index is 12.8. The summed E-state index contributed by atoms with van der Waals surface area (Å²) in [7, 11) is -0.0403. The van der Waals surface area contributed by atoms with Crippen molar-refractivity contribution in [1.29, 1.82) is 5.26 Å². The Morgan fingerprint density at radius 3 is 2.81 bits per heavy atom. The molecule has 1 unspecified atom stereocenters. The number of nitrogens with zero attached hydrogens (tertiary/aromatic N) is 6. The van der Waals surface area contributed by atoms with E-state index in [4.69, 9.17) is 0 Å². The third-order valence-corrected chi connectivity index (χ3v) is 9.69. The zero-order chi connectivity index (χ0) is 25.4. The van der Waals surface area contributed by atoms with E-state index in [0.29, 0.717) is 46.4 Å². The molecule has 0 amide bonds. The van der Waals surface area contributed by atoms with E-state index in [0.717, 1.165) is 38.0 Å². The van der Waals surface area contributed by atoms with Gasteiger partial charge in [-0.2, -0.15) is 14.6 Å². The first-order valence-corrected chi connectivity index (χ1v) is 14.7. The topological polar surface area (TPSA) is 119 Å². The SMILES string of the molecule is CN1Cc2cc(Nc3ncc(C#N)c(Nc4cccc(N=S5(=O)CCCC5)n4)n3)cc3c2C(CCC3)C1. The molecule has 1 saturated heterocycles. The van der Waals surface area contributed by atoms with Crippen molar-refractivity contribution in [3.05, 3.63) is 58.8 Å². The standard InChI is InChI=1S/C27H30N8OS/c1-35-16-19-7-4-6-18-12-22(13-20(17-35)25(18)19)30-27-29-15-21(14-28)26(33-27)32-23-8-5-9-24(31-23)34-37(36)10-2-3-11-37/h5,8-9,12-13,15,19H,2-4,6-7,10-11,16-17H2,1H3,(H2,29,30,31,32,33). The van der Waals surface area contributed by atoms with Crippen LogP contribution >= 0.6 is 0 Å². The van der Waals surface area contributed by atoms with Gasteiger partial charge in [0.15, 0.2) is 11.6 Å². The average Bonchev–Trinajstić information content (AvgIpc) is 3.30. The van der Waals surface area contributed by atoms with Crippen molar-refractivity contribution < 1.29 is 4.21 Å². The molecular formula is C27H30N8OS. The van der Waals surface area contributed by atoms with Crippen LogP contribution in [0.25, 0.3) is 0 Å². The Morgan fingerprint density at radius 1 is 1.14 bits per heavy atom. The summed E-state index contributed by atoms with van der Waals surface area (Å²) in [5, 5.41) is 16.1. The highest BCUT2D eigenvalue weighted by Gasteiger charge is 2.29. The second-order valence-electron chi connectivity index (χ2n) is 10.2. The summed E-state index contributed by atoms with van der Waals surface area (Å²) in [6.07, 6.45) is 6.94. The molecule has 0 spiro atoms. The molecule has 6 rings (SSSR count). The number of aromatic nitrogens is 3. The van der Waals surface area contributed by atoms with Crippen LogP contribution in [0, 0.1) is 11.3 Å². The lowest BCUT2D eigenvalue weighted by Gasteiger charge is -2.37. The van der Waals surface area contributed by atoms with Crippen LogP contribution in [0.5, 0.6) is 0 Å². The van der Waals surface area contributed by atoms with Gasteiger partial charge in [-0.15, -0.1) is 0 Å². The number of likely N-dealkylation sites (N-methyl/N-ethyl adjacent to an activating group) is 1. The fourth-order valence-electron chi connectivity index (χ4n) is 5.74. The van der Waals surface area contributed by atoms with Gasteiger partial charge >= 0.3 is 0 Å². The largest absolute Gasteiger partial charge is 0.324 e. The van der Waals surface area contributed by atoms with Gasteiger partial charge in [0, 0.05) is 30.3 Å². The number of nitriles is 1. The molecule has 0 bridgehead atoms. The molecule has 3 aliphatic rings. The van der Waals surface area contributed by atoms with Crippen LogP contribution in [0.15, 0.2) is 40.9 Å². The van der Waals surface area contributed by atoms with Crippen molar-refractivity contribution >= 4 is 38.8 Å². The molecule has 3 aromatic rings. The Balaban J connectivity index is 1.27. The van der Waals surface area contributed by atoms with E-state index in [1.165, 1.54) is 35.7 Å². The van der Waals surface area contributed by atoms with Crippen molar-refractivity contribution in [2.45, 2.75) is 44.6 Å². The molecule has 0 saturated carbocycles. The molecule has 2 aliphatic heterocycles. The third-order valence-electron chi connectivity index (χ3n) is 7.31. The predicted molar refractivity (Wildman–Crippen MR) is 145 cm³/mol. The summed E-state index contributed by atoms with van der Waals surface area (Å²) < 4.78 is 17.3. The van der Waals surface area contributed by atoms with Crippen LogP contribution in [0.2, 0.25) is 0 Å². The van der Waals surface area contributed by atoms with Crippen molar-refractivity contribution in [3.63, 3.8) is 0 Å². The Hall–Kier alpha value is -3.55. The molecule has 1 aromatic carbocycles. The minimum Gasteiger partial charge on any atom is -0.324 e. The lowest BCUT2D eigenvalue weighted by atomic mass is 9.77. The molecule has 2 N–H and O–H groups in total. The van der Waals surface area contributed by atoms with Crippen LogP contribution in [0.4, 0.5) is 29.1 Å². The smallest absolute Gasteiger partial charge is 0.229 e. The van der Waals surface area contributed by atoms with Gasteiger partial charge in [-0.3, -0.25) is 0 Å². The Labute approximate surface area is 217 Å². The van der Waals surface area contributed by atoms with E-state index in [2.05, 4.69) is 60.1 Å². The normalized spacial score (nSPS) is 20.1. The maximum Gasteiger partial charge on any atom is 0.229 e. The van der Waals surface area contributed by atoms with E-state index in [-0.39, 0.29) is 0 Å². The summed E-state index contributed by atoms with van der Waals surface area (Å²) in [5.41, 5.74) is 5.59. The zero-order valence-corrected chi connectivity index (χ0v) is 21.7. The van der Waals surface area contributed by atoms with Crippen molar-refractivity contribution in [1.82, 2.24) is 19.9 Å². The third kappa shape index (κ3) is 5.02. The van der Waals surface area contributed by atoms with E-state index >= 15 is 0 Å². The lowest BCUT2D eigenvalue weighted by Crippen LogP contribution is -2.33. The molecule has 1 aliphatic carbocycles. The summed E-state index contributed by atoms with van der Waals surface area (Å²) >= 11 is 0. The summed E-state index contributed by atoms with van der Waals surface area (Å²) in [4.78, 5) is 15.9. The van der Waals surface area contributed by atoms with Crippen molar-refractivity contribution in [2.24, 2.45) is 4.36 Å². The molecule has 2 aromatic heterocycles. The first-order chi connectivity index (χ1) is 18.0. The molecule has 9 nitrogen and oxygen atoms in total. The number of pyridine rings is 1. The number of hydrogen-bond acceptors (Lipinski definition) is 9. The van der Waals surface area contributed by atoms with E-state index in [1.807, 2.05) is 0 Å². The molecule has 0 radical (unpaired) electrons. The molecule has 37 heavy (non-hydrogen) atoms. The summed E-state index contributed by atoms with van der Waals surface area (Å²) in [6.45, 7) is 2.06. The molecule has 10 heteroatoms. The number of nitrogens with one attached hydrogen (secondary N) is 2. The molecular weight excluding hydrogens is 484 g/mol. The van der Waals surface area contributed by atoms with E-state index in [1.54, 1.807) is 18.2 Å². The highest BCUT2D eigenvalue weighted by molar-refractivity contribution is 7.93.